The SMILES string of the molecule is C=CCCN1CCCC12CCOC2. The summed E-state index contributed by atoms with van der Waals surface area (Å²) in [5.41, 5.74) is 0.420. The number of ether oxygens (including phenoxy) is 1. The molecule has 13 heavy (non-hydrogen) atoms. The Hall–Kier alpha value is -0.340. The molecule has 0 radical (unpaired) electrons. The second kappa shape index (κ2) is 3.81. The molecule has 2 fully saturated rings. The highest BCUT2D eigenvalue weighted by Gasteiger charge is 2.43. The minimum Gasteiger partial charge on any atom is -0.379 e. The van der Waals surface area contributed by atoms with Gasteiger partial charge in [-0.05, 0) is 32.2 Å². The molecule has 2 aliphatic heterocycles. The third-order valence-electron chi connectivity index (χ3n) is 3.43. The van der Waals surface area contributed by atoms with Crippen LogP contribution in [0.5, 0.6) is 0 Å². The Kier molecular flexibility index (Phi) is 2.70. The van der Waals surface area contributed by atoms with Crippen molar-refractivity contribution in [1.82, 2.24) is 4.90 Å². The normalized spacial score (nSPS) is 34.5. The average Bonchev–Trinajstić information content (AvgIpc) is 2.75. The van der Waals surface area contributed by atoms with Gasteiger partial charge in [-0.1, -0.05) is 6.08 Å². The number of hydrogen-bond acceptors (Lipinski definition) is 2. The molecule has 74 valence electrons. The number of rotatable bonds is 3. The summed E-state index contributed by atoms with van der Waals surface area (Å²) in [5, 5.41) is 0. The van der Waals surface area contributed by atoms with Crippen LogP contribution < -0.4 is 0 Å². The number of hydrogen-bond donors (Lipinski definition) is 0. The van der Waals surface area contributed by atoms with E-state index in [9.17, 15) is 0 Å². The quantitative estimate of drug-likeness (QED) is 0.616. The molecule has 0 aromatic carbocycles. The van der Waals surface area contributed by atoms with Gasteiger partial charge in [0, 0.05) is 18.7 Å². The van der Waals surface area contributed by atoms with Gasteiger partial charge in [-0.15, -0.1) is 6.58 Å². The third-order valence-corrected chi connectivity index (χ3v) is 3.43. The minimum atomic E-state index is 0.420. The van der Waals surface area contributed by atoms with Crippen molar-refractivity contribution >= 4 is 0 Å². The number of nitrogens with zero attached hydrogens (tertiary/aromatic N) is 1. The molecule has 1 spiro atoms. The van der Waals surface area contributed by atoms with Crippen LogP contribution >= 0.6 is 0 Å². The van der Waals surface area contributed by atoms with Gasteiger partial charge in [0.05, 0.1) is 6.61 Å². The lowest BCUT2D eigenvalue weighted by atomic mass is 9.95. The predicted molar refractivity (Wildman–Crippen MR) is 53.8 cm³/mol. The highest BCUT2D eigenvalue weighted by atomic mass is 16.5. The maximum absolute atomic E-state index is 5.52. The van der Waals surface area contributed by atoms with Gasteiger partial charge in [0.15, 0.2) is 0 Å². The molecule has 0 saturated carbocycles. The second-order valence-electron chi connectivity index (χ2n) is 4.19. The van der Waals surface area contributed by atoms with Crippen LogP contribution in [0, 0.1) is 0 Å². The molecule has 0 amide bonds. The van der Waals surface area contributed by atoms with Crippen LogP contribution in [-0.2, 0) is 4.74 Å². The zero-order valence-electron chi connectivity index (χ0n) is 8.30. The van der Waals surface area contributed by atoms with Crippen LogP contribution in [-0.4, -0.2) is 36.7 Å². The first-order valence-electron chi connectivity index (χ1n) is 5.31. The third kappa shape index (κ3) is 1.65. The van der Waals surface area contributed by atoms with Gasteiger partial charge in [-0.3, -0.25) is 4.90 Å². The summed E-state index contributed by atoms with van der Waals surface area (Å²) in [4.78, 5) is 2.61. The molecule has 2 aliphatic rings. The van der Waals surface area contributed by atoms with E-state index in [1.807, 2.05) is 6.08 Å². The Labute approximate surface area is 80.6 Å². The van der Waals surface area contributed by atoms with E-state index in [-0.39, 0.29) is 0 Å². The lowest BCUT2D eigenvalue weighted by molar-refractivity contribution is 0.103. The fraction of sp³-hybridized carbons (Fsp3) is 0.818. The van der Waals surface area contributed by atoms with E-state index in [4.69, 9.17) is 4.74 Å². The van der Waals surface area contributed by atoms with E-state index < -0.39 is 0 Å². The molecule has 0 bridgehead atoms. The summed E-state index contributed by atoms with van der Waals surface area (Å²) in [5.74, 6) is 0. The monoisotopic (exact) mass is 181 g/mol. The van der Waals surface area contributed by atoms with Crippen molar-refractivity contribution in [3.8, 4) is 0 Å². The zero-order chi connectivity index (χ0) is 9.15. The summed E-state index contributed by atoms with van der Waals surface area (Å²) in [6.45, 7) is 8.14. The first-order valence-corrected chi connectivity index (χ1v) is 5.31. The fourth-order valence-corrected chi connectivity index (χ4v) is 2.63. The van der Waals surface area contributed by atoms with Crippen molar-refractivity contribution < 1.29 is 4.74 Å². The van der Waals surface area contributed by atoms with E-state index in [1.165, 1.54) is 32.4 Å². The molecule has 1 atom stereocenters. The first kappa shape index (κ1) is 9.22. The van der Waals surface area contributed by atoms with Gasteiger partial charge in [0.1, 0.15) is 0 Å². The van der Waals surface area contributed by atoms with Crippen LogP contribution in [0.3, 0.4) is 0 Å². The molecule has 2 rings (SSSR count). The van der Waals surface area contributed by atoms with Crippen molar-refractivity contribution in [2.75, 3.05) is 26.3 Å². The molecule has 0 aliphatic carbocycles. The second-order valence-corrected chi connectivity index (χ2v) is 4.19. The average molecular weight is 181 g/mol. The molecule has 1 unspecified atom stereocenters. The maximum atomic E-state index is 5.52. The van der Waals surface area contributed by atoms with E-state index >= 15 is 0 Å². The lowest BCUT2D eigenvalue weighted by Gasteiger charge is -2.33. The molecule has 2 saturated heterocycles. The molecule has 0 aromatic heterocycles. The Morgan fingerprint density at radius 3 is 3.08 bits per heavy atom. The summed E-state index contributed by atoms with van der Waals surface area (Å²) in [6, 6.07) is 0. The highest BCUT2D eigenvalue weighted by Crippen LogP contribution is 2.36. The largest absolute Gasteiger partial charge is 0.379 e. The first-order chi connectivity index (χ1) is 6.37. The summed E-state index contributed by atoms with van der Waals surface area (Å²) < 4.78 is 5.52. The van der Waals surface area contributed by atoms with Crippen LogP contribution in [0.4, 0.5) is 0 Å². The van der Waals surface area contributed by atoms with Crippen molar-refractivity contribution in [3.63, 3.8) is 0 Å². The molecular weight excluding hydrogens is 162 g/mol. The van der Waals surface area contributed by atoms with E-state index in [0.717, 1.165) is 19.6 Å². The number of likely N-dealkylation sites (tertiary alicyclic amines) is 1. The Morgan fingerprint density at radius 2 is 2.38 bits per heavy atom. The van der Waals surface area contributed by atoms with Gasteiger partial charge in [-0.25, -0.2) is 0 Å². The maximum Gasteiger partial charge on any atom is 0.0651 e. The van der Waals surface area contributed by atoms with Crippen LogP contribution in [0.1, 0.15) is 25.7 Å². The van der Waals surface area contributed by atoms with Gasteiger partial charge in [-0.2, -0.15) is 0 Å². The molecular formula is C11H19NO. The molecule has 0 aromatic rings. The van der Waals surface area contributed by atoms with Crippen molar-refractivity contribution in [2.24, 2.45) is 0 Å². The Balaban J connectivity index is 1.96. The van der Waals surface area contributed by atoms with Gasteiger partial charge in [0.2, 0.25) is 0 Å². The Bertz CT molecular complexity index is 179. The summed E-state index contributed by atoms with van der Waals surface area (Å²) in [6.07, 6.45) is 7.05. The van der Waals surface area contributed by atoms with Crippen LogP contribution in [0.25, 0.3) is 0 Å². The van der Waals surface area contributed by atoms with Crippen molar-refractivity contribution in [1.29, 1.82) is 0 Å². The van der Waals surface area contributed by atoms with Crippen LogP contribution in [0.2, 0.25) is 0 Å². The van der Waals surface area contributed by atoms with Crippen molar-refractivity contribution in [2.45, 2.75) is 31.2 Å². The predicted octanol–water partition coefficient (Wildman–Crippen LogP) is 1.82. The Morgan fingerprint density at radius 1 is 1.46 bits per heavy atom. The summed E-state index contributed by atoms with van der Waals surface area (Å²) >= 11 is 0. The van der Waals surface area contributed by atoms with E-state index in [1.54, 1.807) is 0 Å². The smallest absolute Gasteiger partial charge is 0.0651 e. The standard InChI is InChI=1S/C11H19NO/c1-2-3-7-12-8-4-5-11(12)6-9-13-10-11/h2H,1,3-10H2. The minimum absolute atomic E-state index is 0.420. The molecule has 2 heterocycles. The van der Waals surface area contributed by atoms with Crippen molar-refractivity contribution in [3.05, 3.63) is 12.7 Å². The van der Waals surface area contributed by atoms with E-state index in [2.05, 4.69) is 11.5 Å². The fourth-order valence-electron chi connectivity index (χ4n) is 2.63. The van der Waals surface area contributed by atoms with Gasteiger partial charge >= 0.3 is 0 Å². The molecule has 2 heteroatoms. The molecule has 2 nitrogen and oxygen atoms in total. The van der Waals surface area contributed by atoms with Crippen LogP contribution in [0.15, 0.2) is 12.7 Å². The van der Waals surface area contributed by atoms with E-state index in [0.29, 0.717) is 5.54 Å². The van der Waals surface area contributed by atoms with Gasteiger partial charge in [0.25, 0.3) is 0 Å². The zero-order valence-corrected chi connectivity index (χ0v) is 8.30. The van der Waals surface area contributed by atoms with Gasteiger partial charge < -0.3 is 4.74 Å². The molecule has 0 N–H and O–H groups in total. The highest BCUT2D eigenvalue weighted by molar-refractivity contribution is 4.98. The topological polar surface area (TPSA) is 12.5 Å². The lowest BCUT2D eigenvalue weighted by Crippen LogP contribution is -2.44. The summed E-state index contributed by atoms with van der Waals surface area (Å²) in [7, 11) is 0.